The van der Waals surface area contributed by atoms with Crippen LogP contribution in [0.25, 0.3) is 0 Å². The predicted octanol–water partition coefficient (Wildman–Crippen LogP) is 5.40. The van der Waals surface area contributed by atoms with E-state index in [-0.39, 0.29) is 5.60 Å². The van der Waals surface area contributed by atoms with Crippen LogP contribution in [0.4, 0.5) is 0 Å². The summed E-state index contributed by atoms with van der Waals surface area (Å²) in [6.07, 6.45) is 8.58. The van der Waals surface area contributed by atoms with E-state index in [2.05, 4.69) is 51.1 Å². The Kier molecular flexibility index (Phi) is 8.86. The number of hydrogen-bond acceptors (Lipinski definition) is 1. The van der Waals surface area contributed by atoms with Gasteiger partial charge < -0.3 is 0 Å². The second kappa shape index (κ2) is 9.83. The Morgan fingerprint density at radius 1 is 1.00 bits per heavy atom. The first-order valence-electron chi connectivity index (χ1n) is 8.13. The van der Waals surface area contributed by atoms with Crippen molar-refractivity contribution >= 4 is 22.9 Å². The summed E-state index contributed by atoms with van der Waals surface area (Å²) in [4.78, 5) is 0. The van der Waals surface area contributed by atoms with Crippen LogP contribution in [0.1, 0.15) is 77.2 Å². The Morgan fingerprint density at radius 2 is 1.55 bits per heavy atom. The molecule has 0 N–H and O–H groups in total. The van der Waals surface area contributed by atoms with Crippen LogP contribution >= 0.6 is 0 Å². The summed E-state index contributed by atoms with van der Waals surface area (Å²) < 4.78 is 6.24. The third-order valence-corrected chi connectivity index (χ3v) is 5.52. The molecule has 0 aliphatic heterocycles. The molecule has 0 amide bonds. The molecule has 0 saturated carbocycles. The van der Waals surface area contributed by atoms with Crippen molar-refractivity contribution in [3.05, 3.63) is 35.9 Å². The zero-order valence-corrected chi connectivity index (χ0v) is 16.2. The summed E-state index contributed by atoms with van der Waals surface area (Å²) in [5, 5.41) is 0. The van der Waals surface area contributed by atoms with Gasteiger partial charge in [0.2, 0.25) is 0 Å². The van der Waals surface area contributed by atoms with Crippen LogP contribution in [0.5, 0.6) is 0 Å². The number of rotatable bonds is 10. The molecule has 1 nitrogen and oxygen atoms in total. The van der Waals surface area contributed by atoms with Crippen molar-refractivity contribution < 1.29 is 3.07 Å². The van der Waals surface area contributed by atoms with Gasteiger partial charge in [0.15, 0.2) is 0 Å². The van der Waals surface area contributed by atoms with Gasteiger partial charge in [-0.1, -0.05) is 0 Å². The van der Waals surface area contributed by atoms with Crippen molar-refractivity contribution in [2.24, 2.45) is 0 Å². The summed E-state index contributed by atoms with van der Waals surface area (Å²) in [5.74, 6) is 0.529. The van der Waals surface area contributed by atoms with Crippen molar-refractivity contribution in [2.45, 2.75) is 77.2 Å². The fourth-order valence-electron chi connectivity index (χ4n) is 3.20. The second-order valence-electron chi connectivity index (χ2n) is 5.75. The van der Waals surface area contributed by atoms with E-state index in [1.54, 1.807) is 0 Å². The Bertz CT molecular complexity index is 342. The molecular weight excluding hydrogens is 351 g/mol. The average molecular weight is 380 g/mol. The van der Waals surface area contributed by atoms with Gasteiger partial charge in [0.1, 0.15) is 0 Å². The molecule has 1 aromatic carbocycles. The Labute approximate surface area is 139 Å². The van der Waals surface area contributed by atoms with Crippen LogP contribution < -0.4 is 0 Å². The third-order valence-electron chi connectivity index (χ3n) is 4.36. The first-order valence-corrected chi connectivity index (χ1v) is 9.30. The normalized spacial score (nSPS) is 13.4. The van der Waals surface area contributed by atoms with E-state index >= 15 is 0 Å². The van der Waals surface area contributed by atoms with E-state index in [0.29, 0.717) is 5.92 Å². The molecule has 1 aromatic rings. The van der Waals surface area contributed by atoms with Crippen LogP contribution in [0.15, 0.2) is 30.3 Å². The number of unbranched alkanes of at least 4 members (excludes halogenated alkanes) is 2. The van der Waals surface area contributed by atoms with E-state index in [9.17, 15) is 0 Å². The van der Waals surface area contributed by atoms with E-state index in [1.165, 1.54) is 67.0 Å². The van der Waals surface area contributed by atoms with Gasteiger partial charge in [-0.15, -0.1) is 0 Å². The zero-order chi connectivity index (χ0) is 14.8. The summed E-state index contributed by atoms with van der Waals surface area (Å²) in [6.45, 7) is 6.85. The molecule has 111 valence electrons. The van der Waals surface area contributed by atoms with Crippen molar-refractivity contribution in [1.82, 2.24) is 0 Å². The molecule has 0 aliphatic carbocycles. The van der Waals surface area contributed by atoms with E-state index in [0.717, 1.165) is 6.42 Å². The van der Waals surface area contributed by atoms with E-state index in [4.69, 9.17) is 3.07 Å². The maximum atomic E-state index is 6.24. The van der Waals surface area contributed by atoms with Crippen LogP contribution in [-0.4, -0.2) is 28.5 Å². The molecular formula is C18H29OSn. The average Bonchev–Trinajstić information content (AvgIpc) is 2.51. The van der Waals surface area contributed by atoms with Crippen molar-refractivity contribution in [3.63, 3.8) is 0 Å². The van der Waals surface area contributed by atoms with Gasteiger partial charge in [-0.05, 0) is 0 Å². The minimum absolute atomic E-state index is 0.0560. The molecule has 0 bridgehead atoms. The molecule has 20 heavy (non-hydrogen) atoms. The van der Waals surface area contributed by atoms with Crippen LogP contribution in [0.3, 0.4) is 0 Å². The first kappa shape index (κ1) is 18.0. The third kappa shape index (κ3) is 4.77. The fourth-order valence-corrected chi connectivity index (χ4v) is 4.18. The van der Waals surface area contributed by atoms with Crippen LogP contribution in [0.2, 0.25) is 0 Å². The van der Waals surface area contributed by atoms with Crippen LogP contribution in [0, 0.1) is 0 Å². The topological polar surface area (TPSA) is 9.23 Å². The molecule has 0 spiro atoms. The van der Waals surface area contributed by atoms with Gasteiger partial charge in [0, 0.05) is 0 Å². The van der Waals surface area contributed by atoms with Crippen molar-refractivity contribution in [2.75, 3.05) is 0 Å². The Hall–Kier alpha value is -0.0213. The molecule has 0 fully saturated rings. The summed E-state index contributed by atoms with van der Waals surface area (Å²) >= 11 is 1.21. The monoisotopic (exact) mass is 381 g/mol. The van der Waals surface area contributed by atoms with Gasteiger partial charge in [-0.2, -0.15) is 0 Å². The molecule has 2 heteroatoms. The molecule has 1 atom stereocenters. The van der Waals surface area contributed by atoms with Gasteiger partial charge in [-0.25, -0.2) is 0 Å². The molecule has 1 rings (SSSR count). The van der Waals surface area contributed by atoms with Gasteiger partial charge >= 0.3 is 139 Å². The van der Waals surface area contributed by atoms with E-state index < -0.39 is 0 Å². The van der Waals surface area contributed by atoms with E-state index in [1.807, 2.05) is 0 Å². The minimum atomic E-state index is 0.0560. The quantitative estimate of drug-likeness (QED) is 0.494. The second-order valence-corrected chi connectivity index (χ2v) is 6.33. The molecule has 3 radical (unpaired) electrons. The predicted molar refractivity (Wildman–Crippen MR) is 88.1 cm³/mol. The maximum absolute atomic E-state index is 6.24. The van der Waals surface area contributed by atoms with Gasteiger partial charge in [0.25, 0.3) is 0 Å². The zero-order valence-electron chi connectivity index (χ0n) is 13.3. The summed E-state index contributed by atoms with van der Waals surface area (Å²) in [5.41, 5.74) is 1.50. The molecule has 0 aliphatic rings. The summed E-state index contributed by atoms with van der Waals surface area (Å²) in [7, 11) is 0. The van der Waals surface area contributed by atoms with Crippen molar-refractivity contribution in [1.29, 1.82) is 0 Å². The van der Waals surface area contributed by atoms with Crippen molar-refractivity contribution in [3.8, 4) is 0 Å². The van der Waals surface area contributed by atoms with Gasteiger partial charge in [-0.3, -0.25) is 0 Å². The number of hydrogen-bond donors (Lipinski definition) is 0. The molecule has 1 unspecified atom stereocenters. The Morgan fingerprint density at radius 3 is 1.95 bits per heavy atom. The van der Waals surface area contributed by atoms with Gasteiger partial charge in [0.05, 0.1) is 0 Å². The first-order chi connectivity index (χ1) is 9.74. The standard InChI is InChI=1S/C18H29O.Sn/c1-4-7-14-18(19,15-8-5-2)17(6-3)16-12-10-9-11-13-16;/h9-13,17H,4-8,14-15H2,1-3H3;/q-1;+1. The molecule has 0 saturated heterocycles. The fraction of sp³-hybridized carbons (Fsp3) is 0.667. The summed E-state index contributed by atoms with van der Waals surface area (Å²) in [6, 6.07) is 11.0. The van der Waals surface area contributed by atoms with Crippen LogP contribution in [-0.2, 0) is 3.07 Å². The molecule has 0 aromatic heterocycles. The number of benzene rings is 1. The molecule has 0 heterocycles. The SMILES string of the molecule is CCCCC(CCCC)([O][Sn])C(CC)c1ccccc1. The Balaban J connectivity index is 3.03.